The van der Waals surface area contributed by atoms with Crippen LogP contribution in [-0.2, 0) is 9.59 Å². The Hall–Kier alpha value is -1.49. The van der Waals surface area contributed by atoms with E-state index < -0.39 is 0 Å². The molecule has 0 aromatic heterocycles. The van der Waals surface area contributed by atoms with Crippen LogP contribution in [0.4, 0.5) is 5.69 Å². The van der Waals surface area contributed by atoms with Gasteiger partial charge in [-0.2, -0.15) is 0 Å². The van der Waals surface area contributed by atoms with Crippen molar-refractivity contribution in [1.29, 1.82) is 0 Å². The molecule has 17 heavy (non-hydrogen) atoms. The molecule has 4 nitrogen and oxygen atoms in total. The minimum Gasteiger partial charge on any atom is -0.344 e. The number of carbonyl (C=O) groups is 2. The lowest BCUT2D eigenvalue weighted by Crippen LogP contribution is -2.37. The van der Waals surface area contributed by atoms with Crippen molar-refractivity contribution in [3.05, 3.63) is 24.3 Å². The van der Waals surface area contributed by atoms with Crippen molar-refractivity contribution >= 4 is 29.3 Å². The van der Waals surface area contributed by atoms with Gasteiger partial charge in [0.1, 0.15) is 6.04 Å². The highest BCUT2D eigenvalue weighted by Gasteiger charge is 2.26. The summed E-state index contributed by atoms with van der Waals surface area (Å²) in [5.74, 6) is -0.197. The Morgan fingerprint density at radius 1 is 1.53 bits per heavy atom. The van der Waals surface area contributed by atoms with Gasteiger partial charge in [0.15, 0.2) is 0 Å². The molecule has 0 bridgehead atoms. The molecule has 1 unspecified atom stereocenters. The number of hydrogen-bond donors (Lipinski definition) is 2. The van der Waals surface area contributed by atoms with Crippen molar-refractivity contribution in [3.63, 3.8) is 0 Å². The van der Waals surface area contributed by atoms with Gasteiger partial charge in [0.05, 0.1) is 0 Å². The SMILES string of the molecule is CSc1cccc(NC(=O)C2CCC(=O)N2)c1. The van der Waals surface area contributed by atoms with Crippen molar-refractivity contribution in [3.8, 4) is 0 Å². The molecule has 2 N–H and O–H groups in total. The highest BCUT2D eigenvalue weighted by molar-refractivity contribution is 7.98. The third-order valence-corrected chi connectivity index (χ3v) is 3.37. The van der Waals surface area contributed by atoms with Gasteiger partial charge in [0, 0.05) is 17.0 Å². The van der Waals surface area contributed by atoms with Gasteiger partial charge in [-0.3, -0.25) is 9.59 Å². The number of rotatable bonds is 3. The third kappa shape index (κ3) is 3.00. The quantitative estimate of drug-likeness (QED) is 0.802. The van der Waals surface area contributed by atoms with E-state index in [9.17, 15) is 9.59 Å². The standard InChI is InChI=1S/C12H14N2O2S/c1-17-9-4-2-3-8(7-9)13-12(16)10-5-6-11(15)14-10/h2-4,7,10H,5-6H2,1H3,(H,13,16)(H,14,15). The second kappa shape index (κ2) is 5.23. The average molecular weight is 250 g/mol. The molecular formula is C12H14N2O2S. The van der Waals surface area contributed by atoms with Crippen molar-refractivity contribution in [2.45, 2.75) is 23.8 Å². The van der Waals surface area contributed by atoms with Crippen LogP contribution in [0.5, 0.6) is 0 Å². The molecule has 0 spiro atoms. The lowest BCUT2D eigenvalue weighted by molar-refractivity contribution is -0.122. The fourth-order valence-electron chi connectivity index (χ4n) is 1.74. The summed E-state index contributed by atoms with van der Waals surface area (Å²) in [4.78, 5) is 23.9. The molecule has 1 aliphatic rings. The normalized spacial score (nSPS) is 18.9. The first-order chi connectivity index (χ1) is 8.19. The van der Waals surface area contributed by atoms with Crippen LogP contribution in [0.2, 0.25) is 0 Å². The lowest BCUT2D eigenvalue weighted by Gasteiger charge is -2.11. The Labute approximate surface area is 104 Å². The van der Waals surface area contributed by atoms with Crippen LogP contribution >= 0.6 is 11.8 Å². The molecule has 90 valence electrons. The van der Waals surface area contributed by atoms with Gasteiger partial charge in [-0.05, 0) is 30.9 Å². The van der Waals surface area contributed by atoms with Crippen LogP contribution in [0.15, 0.2) is 29.2 Å². The number of nitrogens with one attached hydrogen (secondary N) is 2. The fraction of sp³-hybridized carbons (Fsp3) is 0.333. The van der Waals surface area contributed by atoms with E-state index in [1.807, 2.05) is 30.5 Å². The van der Waals surface area contributed by atoms with Crippen LogP contribution in [0.25, 0.3) is 0 Å². The van der Waals surface area contributed by atoms with Gasteiger partial charge < -0.3 is 10.6 Å². The van der Waals surface area contributed by atoms with Crippen LogP contribution < -0.4 is 10.6 Å². The number of hydrogen-bond acceptors (Lipinski definition) is 3. The van der Waals surface area contributed by atoms with Gasteiger partial charge in [0.2, 0.25) is 11.8 Å². The maximum absolute atomic E-state index is 11.8. The minimum absolute atomic E-state index is 0.0528. The third-order valence-electron chi connectivity index (χ3n) is 2.65. The predicted molar refractivity (Wildman–Crippen MR) is 68.0 cm³/mol. The summed E-state index contributed by atoms with van der Waals surface area (Å²) >= 11 is 1.62. The van der Waals surface area contributed by atoms with Crippen LogP contribution in [0.3, 0.4) is 0 Å². The summed E-state index contributed by atoms with van der Waals surface area (Å²) in [6, 6.07) is 7.25. The number of carbonyl (C=O) groups excluding carboxylic acids is 2. The Kier molecular flexibility index (Phi) is 3.68. The average Bonchev–Trinajstić information content (AvgIpc) is 2.76. The van der Waals surface area contributed by atoms with Crippen LogP contribution in [0, 0.1) is 0 Å². The van der Waals surface area contributed by atoms with Gasteiger partial charge >= 0.3 is 0 Å². The Morgan fingerprint density at radius 2 is 2.35 bits per heavy atom. The summed E-state index contributed by atoms with van der Waals surface area (Å²) in [5.41, 5.74) is 0.767. The Morgan fingerprint density at radius 3 is 3.00 bits per heavy atom. The molecule has 1 atom stereocenters. The molecule has 1 heterocycles. The molecule has 5 heteroatoms. The number of amides is 2. The number of thioether (sulfide) groups is 1. The molecule has 1 aromatic carbocycles. The Bertz CT molecular complexity index is 448. The van der Waals surface area contributed by atoms with Gasteiger partial charge in [0.25, 0.3) is 0 Å². The fourth-order valence-corrected chi connectivity index (χ4v) is 2.20. The molecule has 0 aliphatic carbocycles. The summed E-state index contributed by atoms with van der Waals surface area (Å²) in [7, 11) is 0. The molecule has 0 saturated carbocycles. The molecule has 2 rings (SSSR count). The zero-order chi connectivity index (χ0) is 12.3. The van der Waals surface area contributed by atoms with Crippen molar-refractivity contribution < 1.29 is 9.59 Å². The first-order valence-corrected chi connectivity index (χ1v) is 6.66. The van der Waals surface area contributed by atoms with E-state index in [1.54, 1.807) is 11.8 Å². The van der Waals surface area contributed by atoms with Crippen molar-refractivity contribution in [2.75, 3.05) is 11.6 Å². The zero-order valence-electron chi connectivity index (χ0n) is 9.53. The van der Waals surface area contributed by atoms with E-state index in [0.717, 1.165) is 10.6 Å². The highest BCUT2D eigenvalue weighted by Crippen LogP contribution is 2.19. The van der Waals surface area contributed by atoms with Crippen LogP contribution in [0.1, 0.15) is 12.8 Å². The predicted octanol–water partition coefficient (Wildman–Crippen LogP) is 1.63. The lowest BCUT2D eigenvalue weighted by atomic mass is 10.2. The maximum Gasteiger partial charge on any atom is 0.246 e. The van der Waals surface area contributed by atoms with Crippen molar-refractivity contribution in [2.24, 2.45) is 0 Å². The largest absolute Gasteiger partial charge is 0.344 e. The van der Waals surface area contributed by atoms with E-state index in [1.165, 1.54) is 0 Å². The number of benzene rings is 1. The first kappa shape index (κ1) is 12.0. The topological polar surface area (TPSA) is 58.2 Å². The van der Waals surface area contributed by atoms with Crippen molar-refractivity contribution in [1.82, 2.24) is 5.32 Å². The van der Waals surface area contributed by atoms with Crippen LogP contribution in [-0.4, -0.2) is 24.1 Å². The van der Waals surface area contributed by atoms with E-state index >= 15 is 0 Å². The Balaban J connectivity index is 2.00. The van der Waals surface area contributed by atoms with Gasteiger partial charge in [-0.25, -0.2) is 0 Å². The van der Waals surface area contributed by atoms with E-state index in [0.29, 0.717) is 12.8 Å². The monoisotopic (exact) mass is 250 g/mol. The minimum atomic E-state index is -0.388. The smallest absolute Gasteiger partial charge is 0.246 e. The van der Waals surface area contributed by atoms with Gasteiger partial charge in [-0.15, -0.1) is 11.8 Å². The zero-order valence-corrected chi connectivity index (χ0v) is 10.3. The van der Waals surface area contributed by atoms with E-state index in [-0.39, 0.29) is 17.9 Å². The molecule has 0 radical (unpaired) electrons. The highest BCUT2D eigenvalue weighted by atomic mass is 32.2. The van der Waals surface area contributed by atoms with Gasteiger partial charge in [-0.1, -0.05) is 6.07 Å². The maximum atomic E-state index is 11.8. The number of anilines is 1. The summed E-state index contributed by atoms with van der Waals surface area (Å²) < 4.78 is 0. The molecule has 1 aromatic rings. The summed E-state index contributed by atoms with van der Waals surface area (Å²) in [5, 5.41) is 5.46. The van der Waals surface area contributed by atoms with E-state index in [4.69, 9.17) is 0 Å². The molecular weight excluding hydrogens is 236 g/mol. The summed E-state index contributed by atoms with van der Waals surface area (Å²) in [6.45, 7) is 0. The second-order valence-electron chi connectivity index (χ2n) is 3.88. The molecule has 1 aliphatic heterocycles. The molecule has 2 amide bonds. The summed E-state index contributed by atoms with van der Waals surface area (Å²) in [6.07, 6.45) is 2.99. The molecule has 1 fully saturated rings. The first-order valence-electron chi connectivity index (χ1n) is 5.43. The molecule has 1 saturated heterocycles. The van der Waals surface area contributed by atoms with E-state index in [2.05, 4.69) is 10.6 Å². The second-order valence-corrected chi connectivity index (χ2v) is 4.76.